The summed E-state index contributed by atoms with van der Waals surface area (Å²) in [6.45, 7) is 5.24. The number of nitrogens with one attached hydrogen (secondary N) is 1. The molecule has 0 bridgehead atoms. The van der Waals surface area contributed by atoms with E-state index in [9.17, 15) is 9.59 Å². The number of benzene rings is 1. The second-order valence-corrected chi connectivity index (χ2v) is 6.25. The monoisotopic (exact) mass is 341 g/mol. The standard InChI is InChI=1S/C19H23N3O3/c1-14(20-19(24)16-7-8-21(2)18(23)13-16)15-3-5-17(6-4-15)22-9-11-25-12-10-22/h3-8,13-14H,9-12H2,1-2H3,(H,20,24)/t14-/m0/s1. The van der Waals surface area contributed by atoms with Crippen molar-refractivity contribution in [1.82, 2.24) is 9.88 Å². The molecule has 0 spiro atoms. The minimum Gasteiger partial charge on any atom is -0.378 e. The lowest BCUT2D eigenvalue weighted by atomic mass is 10.1. The lowest BCUT2D eigenvalue weighted by molar-refractivity contribution is 0.0939. The maximum absolute atomic E-state index is 12.3. The highest BCUT2D eigenvalue weighted by molar-refractivity contribution is 5.94. The van der Waals surface area contributed by atoms with Crippen LogP contribution in [-0.2, 0) is 11.8 Å². The average Bonchev–Trinajstić information content (AvgIpc) is 2.64. The number of carbonyl (C=O) groups excluding carboxylic acids is 1. The Kier molecular flexibility index (Phi) is 5.19. The van der Waals surface area contributed by atoms with Crippen molar-refractivity contribution in [1.29, 1.82) is 0 Å². The van der Waals surface area contributed by atoms with Gasteiger partial charge in [0, 0.05) is 43.7 Å². The molecule has 6 heteroatoms. The van der Waals surface area contributed by atoms with Crippen LogP contribution in [0.25, 0.3) is 0 Å². The van der Waals surface area contributed by atoms with Gasteiger partial charge in [-0.3, -0.25) is 9.59 Å². The van der Waals surface area contributed by atoms with Gasteiger partial charge in [-0.2, -0.15) is 0 Å². The van der Waals surface area contributed by atoms with E-state index in [0.717, 1.165) is 37.6 Å². The zero-order chi connectivity index (χ0) is 17.8. The number of anilines is 1. The van der Waals surface area contributed by atoms with E-state index in [4.69, 9.17) is 4.74 Å². The number of pyridine rings is 1. The summed E-state index contributed by atoms with van der Waals surface area (Å²) >= 11 is 0. The van der Waals surface area contributed by atoms with Crippen molar-refractivity contribution < 1.29 is 9.53 Å². The Morgan fingerprint density at radius 1 is 1.16 bits per heavy atom. The van der Waals surface area contributed by atoms with E-state index in [1.165, 1.54) is 10.6 Å². The molecule has 2 aromatic rings. The highest BCUT2D eigenvalue weighted by Crippen LogP contribution is 2.20. The predicted molar refractivity (Wildman–Crippen MR) is 97.0 cm³/mol. The first-order valence-electron chi connectivity index (χ1n) is 8.45. The number of rotatable bonds is 4. The van der Waals surface area contributed by atoms with E-state index >= 15 is 0 Å². The maximum Gasteiger partial charge on any atom is 0.252 e. The van der Waals surface area contributed by atoms with Crippen molar-refractivity contribution in [3.8, 4) is 0 Å². The van der Waals surface area contributed by atoms with Crippen LogP contribution < -0.4 is 15.8 Å². The van der Waals surface area contributed by atoms with Crippen LogP contribution in [0.3, 0.4) is 0 Å². The number of hydrogen-bond donors (Lipinski definition) is 1. The molecule has 1 amide bonds. The molecule has 1 saturated heterocycles. The molecule has 1 aliphatic rings. The molecule has 132 valence electrons. The number of amides is 1. The van der Waals surface area contributed by atoms with Crippen molar-refractivity contribution >= 4 is 11.6 Å². The Bertz CT molecular complexity index is 792. The van der Waals surface area contributed by atoms with E-state index in [1.54, 1.807) is 19.3 Å². The largest absolute Gasteiger partial charge is 0.378 e. The molecule has 1 fully saturated rings. The fourth-order valence-corrected chi connectivity index (χ4v) is 2.85. The summed E-state index contributed by atoms with van der Waals surface area (Å²) in [7, 11) is 1.66. The molecule has 1 aromatic heterocycles. The van der Waals surface area contributed by atoms with Gasteiger partial charge in [0.15, 0.2) is 0 Å². The molecule has 1 atom stereocenters. The molecular formula is C19H23N3O3. The molecule has 25 heavy (non-hydrogen) atoms. The first-order chi connectivity index (χ1) is 12.0. The van der Waals surface area contributed by atoms with Crippen LogP contribution in [0, 0.1) is 0 Å². The second-order valence-electron chi connectivity index (χ2n) is 6.25. The summed E-state index contributed by atoms with van der Waals surface area (Å²) in [4.78, 5) is 26.3. The van der Waals surface area contributed by atoms with Crippen LogP contribution >= 0.6 is 0 Å². The topological polar surface area (TPSA) is 63.6 Å². The Morgan fingerprint density at radius 2 is 1.84 bits per heavy atom. The molecule has 1 aromatic carbocycles. The Hall–Kier alpha value is -2.60. The summed E-state index contributed by atoms with van der Waals surface area (Å²) < 4.78 is 6.81. The van der Waals surface area contributed by atoms with Gasteiger partial charge in [0.2, 0.25) is 0 Å². The first-order valence-corrected chi connectivity index (χ1v) is 8.45. The number of nitrogens with zero attached hydrogens (tertiary/aromatic N) is 2. The first kappa shape index (κ1) is 17.2. The van der Waals surface area contributed by atoms with Crippen LogP contribution in [0.1, 0.15) is 28.9 Å². The molecule has 6 nitrogen and oxygen atoms in total. The highest BCUT2D eigenvalue weighted by Gasteiger charge is 2.14. The SMILES string of the molecule is C[C@H](NC(=O)c1ccn(C)c(=O)c1)c1ccc(N2CCOCC2)cc1. The molecule has 0 unspecified atom stereocenters. The summed E-state index contributed by atoms with van der Waals surface area (Å²) in [6, 6.07) is 11.0. The van der Waals surface area contributed by atoms with Gasteiger partial charge in [-0.25, -0.2) is 0 Å². The van der Waals surface area contributed by atoms with E-state index in [0.29, 0.717) is 5.56 Å². The molecule has 0 aliphatic carbocycles. The lowest BCUT2D eigenvalue weighted by Gasteiger charge is -2.29. The predicted octanol–water partition coefficient (Wildman–Crippen LogP) is 1.71. The third kappa shape index (κ3) is 4.09. The second kappa shape index (κ2) is 7.53. The van der Waals surface area contributed by atoms with Crippen molar-refractivity contribution in [3.63, 3.8) is 0 Å². The Morgan fingerprint density at radius 3 is 2.48 bits per heavy atom. The number of carbonyl (C=O) groups is 1. The average molecular weight is 341 g/mol. The van der Waals surface area contributed by atoms with Gasteiger partial charge in [-0.1, -0.05) is 12.1 Å². The van der Waals surface area contributed by atoms with E-state index in [2.05, 4.69) is 22.3 Å². The summed E-state index contributed by atoms with van der Waals surface area (Å²) in [5.41, 5.74) is 2.36. The van der Waals surface area contributed by atoms with Crippen LogP contribution in [-0.4, -0.2) is 36.8 Å². The number of morpholine rings is 1. The maximum atomic E-state index is 12.3. The zero-order valence-electron chi connectivity index (χ0n) is 14.6. The van der Waals surface area contributed by atoms with Gasteiger partial charge in [-0.05, 0) is 30.7 Å². The minimum absolute atomic E-state index is 0.143. The number of aryl methyl sites for hydroxylation is 1. The summed E-state index contributed by atoms with van der Waals surface area (Å²) in [5, 5.41) is 2.94. The highest BCUT2D eigenvalue weighted by atomic mass is 16.5. The van der Waals surface area contributed by atoms with Gasteiger partial charge in [0.25, 0.3) is 11.5 Å². The molecule has 2 heterocycles. The molecule has 1 N–H and O–H groups in total. The van der Waals surface area contributed by atoms with Gasteiger partial charge < -0.3 is 19.5 Å². The molecule has 1 aliphatic heterocycles. The van der Waals surface area contributed by atoms with Gasteiger partial charge >= 0.3 is 0 Å². The fraction of sp³-hybridized carbons (Fsp3) is 0.368. The quantitative estimate of drug-likeness (QED) is 0.920. The third-order valence-electron chi connectivity index (χ3n) is 4.48. The molecule has 3 rings (SSSR count). The number of hydrogen-bond acceptors (Lipinski definition) is 4. The van der Waals surface area contributed by atoms with Crippen LogP contribution in [0.5, 0.6) is 0 Å². The molecular weight excluding hydrogens is 318 g/mol. The van der Waals surface area contributed by atoms with Gasteiger partial charge in [0.1, 0.15) is 0 Å². The number of ether oxygens (including phenoxy) is 1. The van der Waals surface area contributed by atoms with Crippen LogP contribution in [0.2, 0.25) is 0 Å². The van der Waals surface area contributed by atoms with Crippen LogP contribution in [0.15, 0.2) is 47.4 Å². The van der Waals surface area contributed by atoms with Gasteiger partial charge in [0.05, 0.1) is 19.3 Å². The van der Waals surface area contributed by atoms with Crippen LogP contribution in [0.4, 0.5) is 5.69 Å². The van der Waals surface area contributed by atoms with Crippen molar-refractivity contribution in [2.24, 2.45) is 7.05 Å². The fourth-order valence-electron chi connectivity index (χ4n) is 2.85. The lowest BCUT2D eigenvalue weighted by Crippen LogP contribution is -2.36. The minimum atomic E-state index is -0.248. The third-order valence-corrected chi connectivity index (χ3v) is 4.48. The Balaban J connectivity index is 1.66. The zero-order valence-corrected chi connectivity index (χ0v) is 14.6. The summed E-state index contributed by atoms with van der Waals surface area (Å²) in [5.74, 6) is -0.248. The summed E-state index contributed by atoms with van der Waals surface area (Å²) in [6.07, 6.45) is 1.60. The van der Waals surface area contributed by atoms with E-state index in [1.807, 2.05) is 19.1 Å². The van der Waals surface area contributed by atoms with Crippen molar-refractivity contribution in [3.05, 3.63) is 64.1 Å². The van der Waals surface area contributed by atoms with Gasteiger partial charge in [-0.15, -0.1) is 0 Å². The van der Waals surface area contributed by atoms with E-state index < -0.39 is 0 Å². The smallest absolute Gasteiger partial charge is 0.252 e. The Labute approximate surface area is 147 Å². The van der Waals surface area contributed by atoms with Crippen molar-refractivity contribution in [2.45, 2.75) is 13.0 Å². The van der Waals surface area contributed by atoms with Crippen molar-refractivity contribution in [2.75, 3.05) is 31.2 Å². The normalized spacial score (nSPS) is 15.7. The molecule has 0 saturated carbocycles. The van der Waals surface area contributed by atoms with E-state index in [-0.39, 0.29) is 17.5 Å². The molecule has 0 radical (unpaired) electrons. The number of aromatic nitrogens is 1.